The summed E-state index contributed by atoms with van der Waals surface area (Å²) in [7, 11) is 8.50. The molecule has 4 fully saturated rings. The molecule has 31 heavy (non-hydrogen) atoms. The minimum Gasteiger partial charge on any atom is -0.550 e. The van der Waals surface area contributed by atoms with Gasteiger partial charge in [0.2, 0.25) is 0 Å². The fourth-order valence-electron chi connectivity index (χ4n) is 8.82. The van der Waals surface area contributed by atoms with Gasteiger partial charge in [0.1, 0.15) is 0 Å². The maximum absolute atomic E-state index is 10.9. The smallest absolute Gasteiger partial charge is 0.0675 e. The molecule has 0 aromatic carbocycles. The van der Waals surface area contributed by atoms with Crippen LogP contribution in [0, 0.1) is 46.3 Å². The fourth-order valence-corrected chi connectivity index (χ4v) is 8.82. The quantitative estimate of drug-likeness (QED) is 0.547. The zero-order valence-electron chi connectivity index (χ0n) is 21.7. The number of fused-ring (bicyclic) bond motifs is 5. The first-order valence-corrected chi connectivity index (χ1v) is 13.3. The zero-order valence-corrected chi connectivity index (χ0v) is 21.7. The van der Waals surface area contributed by atoms with Gasteiger partial charge < -0.3 is 14.4 Å². The average Bonchev–Trinajstić information content (AvgIpc) is 3.01. The highest BCUT2D eigenvalue weighted by atomic mass is 16.4. The number of quaternary nitrogens is 1. The second kappa shape index (κ2) is 9.35. The van der Waals surface area contributed by atoms with Crippen LogP contribution < -0.4 is 5.11 Å². The van der Waals surface area contributed by atoms with Crippen LogP contribution in [0.3, 0.4) is 0 Å². The van der Waals surface area contributed by atoms with Gasteiger partial charge in [-0.25, -0.2) is 0 Å². The van der Waals surface area contributed by atoms with E-state index in [-0.39, 0.29) is 6.42 Å². The van der Waals surface area contributed by atoms with Gasteiger partial charge in [-0.05, 0) is 111 Å². The SMILES string of the molecule is C[C@H](CCC(=O)[O-])[C@H]1CC[C@H]2[C@@H]3CCC4CCCC[C@]4(C)[C@H]3CC[C@]12C.C[N+](C)(C)C. The molecule has 1 unspecified atom stereocenters. The van der Waals surface area contributed by atoms with Gasteiger partial charge >= 0.3 is 0 Å². The van der Waals surface area contributed by atoms with Crippen molar-refractivity contribution in [3.8, 4) is 0 Å². The van der Waals surface area contributed by atoms with Crippen LogP contribution in [-0.4, -0.2) is 38.6 Å². The van der Waals surface area contributed by atoms with E-state index in [0.29, 0.717) is 16.7 Å². The van der Waals surface area contributed by atoms with Gasteiger partial charge in [-0.3, -0.25) is 0 Å². The molecule has 0 amide bonds. The Hall–Kier alpha value is -0.570. The maximum Gasteiger partial charge on any atom is 0.0675 e. The number of hydrogen-bond donors (Lipinski definition) is 0. The van der Waals surface area contributed by atoms with Crippen LogP contribution in [0.4, 0.5) is 0 Å². The lowest BCUT2D eigenvalue weighted by atomic mass is 9.44. The molecule has 0 saturated heterocycles. The van der Waals surface area contributed by atoms with Crippen LogP contribution in [0.25, 0.3) is 0 Å². The molecule has 3 nitrogen and oxygen atoms in total. The summed E-state index contributed by atoms with van der Waals surface area (Å²) in [6.45, 7) is 7.55. The lowest BCUT2D eigenvalue weighted by Crippen LogP contribution is -2.53. The summed E-state index contributed by atoms with van der Waals surface area (Å²) in [5.74, 6) is 4.20. The molecule has 0 spiro atoms. The highest BCUT2D eigenvalue weighted by Gasteiger charge is 2.59. The van der Waals surface area contributed by atoms with Gasteiger partial charge in [0.05, 0.1) is 28.2 Å². The lowest BCUT2D eigenvalue weighted by molar-refractivity contribution is -0.849. The van der Waals surface area contributed by atoms with E-state index < -0.39 is 5.97 Å². The Morgan fingerprint density at radius 1 is 0.903 bits per heavy atom. The summed E-state index contributed by atoms with van der Waals surface area (Å²) in [4.78, 5) is 10.9. The zero-order chi connectivity index (χ0) is 23.0. The largest absolute Gasteiger partial charge is 0.550 e. The van der Waals surface area contributed by atoms with Gasteiger partial charge in [-0.1, -0.05) is 33.6 Å². The predicted octanol–water partition coefficient (Wildman–Crippen LogP) is 5.52. The van der Waals surface area contributed by atoms with Crippen LogP contribution in [0.5, 0.6) is 0 Å². The molecular formula is C28H51NO2. The van der Waals surface area contributed by atoms with E-state index in [4.69, 9.17) is 0 Å². The Balaban J connectivity index is 0.000000491. The second-order valence-electron chi connectivity index (χ2n) is 13.7. The van der Waals surface area contributed by atoms with Gasteiger partial charge in [0.15, 0.2) is 0 Å². The van der Waals surface area contributed by atoms with E-state index >= 15 is 0 Å². The van der Waals surface area contributed by atoms with Crippen LogP contribution in [0.15, 0.2) is 0 Å². The summed E-state index contributed by atoms with van der Waals surface area (Å²) in [5.41, 5.74) is 1.09. The Morgan fingerprint density at radius 2 is 1.55 bits per heavy atom. The van der Waals surface area contributed by atoms with Crippen LogP contribution in [0.2, 0.25) is 0 Å². The number of hydrogen-bond acceptors (Lipinski definition) is 2. The van der Waals surface area contributed by atoms with Gasteiger partial charge in [0, 0.05) is 5.97 Å². The number of carboxylic acid groups (broad SMARTS) is 1. The van der Waals surface area contributed by atoms with E-state index in [1.165, 1.54) is 64.2 Å². The number of carbonyl (C=O) groups is 1. The number of carboxylic acids is 1. The summed E-state index contributed by atoms with van der Waals surface area (Å²) in [6.07, 6.45) is 15.5. The first kappa shape index (κ1) is 25.1. The summed E-state index contributed by atoms with van der Waals surface area (Å²) >= 11 is 0. The molecule has 3 heteroatoms. The molecule has 180 valence electrons. The molecule has 0 bridgehead atoms. The van der Waals surface area contributed by atoms with Crippen molar-refractivity contribution in [2.75, 3.05) is 28.2 Å². The summed E-state index contributed by atoms with van der Waals surface area (Å²) in [5, 5.41) is 10.9. The van der Waals surface area contributed by atoms with Crippen LogP contribution in [0.1, 0.15) is 97.8 Å². The van der Waals surface area contributed by atoms with E-state index in [1.807, 2.05) is 0 Å². The van der Waals surface area contributed by atoms with Crippen molar-refractivity contribution in [2.45, 2.75) is 97.8 Å². The minimum absolute atomic E-state index is 0.240. The molecule has 0 radical (unpaired) electrons. The Labute approximate surface area is 193 Å². The van der Waals surface area contributed by atoms with E-state index in [9.17, 15) is 9.90 Å². The van der Waals surface area contributed by atoms with Crippen molar-refractivity contribution >= 4 is 5.97 Å². The topological polar surface area (TPSA) is 40.1 Å². The number of carbonyl (C=O) groups excluding carboxylic acids is 1. The van der Waals surface area contributed by atoms with Crippen molar-refractivity contribution in [3.05, 3.63) is 0 Å². The van der Waals surface area contributed by atoms with E-state index in [0.717, 1.165) is 40.5 Å². The Morgan fingerprint density at radius 3 is 2.19 bits per heavy atom. The third-order valence-electron chi connectivity index (χ3n) is 10.1. The molecular weight excluding hydrogens is 382 g/mol. The van der Waals surface area contributed by atoms with Gasteiger partial charge in [0.25, 0.3) is 0 Å². The summed E-state index contributed by atoms with van der Waals surface area (Å²) in [6, 6.07) is 0. The molecule has 8 atom stereocenters. The van der Waals surface area contributed by atoms with Crippen molar-refractivity contribution < 1.29 is 14.4 Å². The molecule has 0 N–H and O–H groups in total. The highest BCUT2D eigenvalue weighted by Crippen LogP contribution is 2.68. The third kappa shape index (κ3) is 5.33. The van der Waals surface area contributed by atoms with Crippen LogP contribution in [-0.2, 0) is 4.79 Å². The third-order valence-corrected chi connectivity index (χ3v) is 10.1. The molecule has 4 aliphatic carbocycles. The Bertz CT molecular complexity index is 619. The normalized spacial score (nSPS) is 43.0. The predicted molar refractivity (Wildman–Crippen MR) is 127 cm³/mol. The highest BCUT2D eigenvalue weighted by molar-refractivity contribution is 5.64. The van der Waals surface area contributed by atoms with Crippen LogP contribution >= 0.6 is 0 Å². The second-order valence-corrected chi connectivity index (χ2v) is 13.7. The van der Waals surface area contributed by atoms with Gasteiger partial charge in [-0.15, -0.1) is 0 Å². The van der Waals surface area contributed by atoms with Crippen molar-refractivity contribution in [1.82, 2.24) is 0 Å². The monoisotopic (exact) mass is 433 g/mol. The standard InChI is InChI=1S/C24H40O2.C4H12N/c1-16(7-12-22(25)26)19-10-11-20-18-9-8-17-6-4-5-14-23(17,2)21(18)13-15-24(19,20)3;1-5(2,3)4/h16-21H,4-15H2,1-3H3,(H,25,26);1-4H3/q;+1/p-1/t16-,17?,18+,19-,20+,21+,23+,24-;/m1./s1. The molecule has 0 aromatic rings. The molecule has 4 aliphatic rings. The maximum atomic E-state index is 10.9. The molecule has 4 saturated carbocycles. The minimum atomic E-state index is -0.871. The fraction of sp³-hybridized carbons (Fsp3) is 0.964. The number of rotatable bonds is 4. The molecule has 0 heterocycles. The van der Waals surface area contributed by atoms with Crippen molar-refractivity contribution in [3.63, 3.8) is 0 Å². The average molecular weight is 434 g/mol. The molecule has 0 aliphatic heterocycles. The van der Waals surface area contributed by atoms with Gasteiger partial charge in [-0.2, -0.15) is 0 Å². The first-order valence-electron chi connectivity index (χ1n) is 13.3. The number of aliphatic carboxylic acids is 1. The molecule has 0 aromatic heterocycles. The first-order chi connectivity index (χ1) is 14.4. The van der Waals surface area contributed by atoms with E-state index in [2.05, 4.69) is 49.0 Å². The summed E-state index contributed by atoms with van der Waals surface area (Å²) < 4.78 is 1.00. The lowest BCUT2D eigenvalue weighted by Gasteiger charge is -2.61. The Kier molecular flexibility index (Phi) is 7.56. The van der Waals surface area contributed by atoms with E-state index in [1.54, 1.807) is 0 Å². The van der Waals surface area contributed by atoms with Crippen molar-refractivity contribution in [1.29, 1.82) is 0 Å². The number of nitrogens with zero attached hydrogens (tertiary/aromatic N) is 1. The van der Waals surface area contributed by atoms with Crippen molar-refractivity contribution in [2.24, 2.45) is 46.3 Å². The molecule has 4 rings (SSSR count).